The van der Waals surface area contributed by atoms with Crippen molar-refractivity contribution in [2.24, 2.45) is 16.1 Å². The Morgan fingerprint density at radius 2 is 1.93 bits per heavy atom. The molecule has 1 aliphatic rings. The summed E-state index contributed by atoms with van der Waals surface area (Å²) in [6.45, 7) is 4.58. The number of aliphatic hydroxyl groups is 1. The van der Waals surface area contributed by atoms with Crippen molar-refractivity contribution < 1.29 is 5.11 Å². The number of hydrogen-bond acceptors (Lipinski definition) is 3. The predicted octanol–water partition coefficient (Wildman–Crippen LogP) is 3.14. The predicted molar refractivity (Wildman–Crippen MR) is 57.2 cm³/mol. The van der Waals surface area contributed by atoms with Gasteiger partial charge in [0.05, 0.1) is 6.54 Å². The van der Waals surface area contributed by atoms with Crippen LogP contribution >= 0.6 is 0 Å². The Bertz CT molecular complexity index is 184. The zero-order valence-electron chi connectivity index (χ0n) is 9.37. The number of rotatable bonds is 4. The zero-order chi connectivity index (χ0) is 10.4. The molecule has 0 spiro atoms. The molecule has 0 bridgehead atoms. The smallest absolute Gasteiger partial charge is 0.176 e. The van der Waals surface area contributed by atoms with Crippen LogP contribution in [0.5, 0.6) is 0 Å². The van der Waals surface area contributed by atoms with E-state index in [1.807, 2.05) is 0 Å². The van der Waals surface area contributed by atoms with E-state index in [-0.39, 0.29) is 0 Å². The summed E-state index contributed by atoms with van der Waals surface area (Å²) in [5.74, 6) is 0.317. The molecule has 1 rings (SSSR count). The van der Waals surface area contributed by atoms with Crippen LogP contribution in [0, 0.1) is 5.92 Å². The van der Waals surface area contributed by atoms with E-state index in [0.717, 1.165) is 25.8 Å². The second kappa shape index (κ2) is 5.44. The van der Waals surface area contributed by atoms with Gasteiger partial charge in [-0.25, -0.2) is 0 Å². The van der Waals surface area contributed by atoms with Crippen molar-refractivity contribution in [1.82, 2.24) is 0 Å². The van der Waals surface area contributed by atoms with Gasteiger partial charge in [0.1, 0.15) is 0 Å². The van der Waals surface area contributed by atoms with Gasteiger partial charge >= 0.3 is 0 Å². The van der Waals surface area contributed by atoms with E-state index >= 15 is 0 Å². The SMILES string of the molecule is CCCN=NC(C)(O)C1CCCCC1. The van der Waals surface area contributed by atoms with Crippen molar-refractivity contribution in [1.29, 1.82) is 0 Å². The van der Waals surface area contributed by atoms with Gasteiger partial charge in [-0.1, -0.05) is 26.2 Å². The highest BCUT2D eigenvalue weighted by molar-refractivity contribution is 4.81. The average molecular weight is 198 g/mol. The van der Waals surface area contributed by atoms with Gasteiger partial charge in [0.25, 0.3) is 0 Å². The molecule has 0 radical (unpaired) electrons. The quantitative estimate of drug-likeness (QED) is 0.693. The molecule has 1 fully saturated rings. The first-order valence-electron chi connectivity index (χ1n) is 5.78. The number of nitrogens with zero attached hydrogens (tertiary/aromatic N) is 2. The molecule has 1 atom stereocenters. The molecular weight excluding hydrogens is 176 g/mol. The summed E-state index contributed by atoms with van der Waals surface area (Å²) in [7, 11) is 0. The molecular formula is C11H22N2O. The fraction of sp³-hybridized carbons (Fsp3) is 1.00. The van der Waals surface area contributed by atoms with Gasteiger partial charge in [0.15, 0.2) is 5.72 Å². The van der Waals surface area contributed by atoms with E-state index in [1.165, 1.54) is 19.3 Å². The van der Waals surface area contributed by atoms with Gasteiger partial charge in [0.2, 0.25) is 0 Å². The molecule has 3 heteroatoms. The molecule has 0 aromatic carbocycles. The normalized spacial score (nSPS) is 23.9. The van der Waals surface area contributed by atoms with Crippen LogP contribution in [-0.2, 0) is 0 Å². The van der Waals surface area contributed by atoms with Crippen molar-refractivity contribution >= 4 is 0 Å². The van der Waals surface area contributed by atoms with Crippen LogP contribution in [0.4, 0.5) is 0 Å². The first kappa shape index (κ1) is 11.6. The lowest BCUT2D eigenvalue weighted by Gasteiger charge is -2.31. The van der Waals surface area contributed by atoms with Crippen molar-refractivity contribution in [2.45, 2.75) is 58.1 Å². The van der Waals surface area contributed by atoms with Crippen molar-refractivity contribution in [3.63, 3.8) is 0 Å². The van der Waals surface area contributed by atoms with Gasteiger partial charge in [-0.2, -0.15) is 10.2 Å². The molecule has 1 aliphatic carbocycles. The first-order chi connectivity index (χ1) is 6.67. The fourth-order valence-corrected chi connectivity index (χ4v) is 2.02. The van der Waals surface area contributed by atoms with Crippen molar-refractivity contribution in [3.8, 4) is 0 Å². The Hall–Kier alpha value is -0.440. The third-order valence-corrected chi connectivity index (χ3v) is 2.98. The second-order valence-corrected chi connectivity index (χ2v) is 4.39. The minimum atomic E-state index is -0.921. The first-order valence-corrected chi connectivity index (χ1v) is 5.78. The monoisotopic (exact) mass is 198 g/mol. The van der Waals surface area contributed by atoms with Gasteiger partial charge in [-0.15, -0.1) is 0 Å². The molecule has 1 saturated carbocycles. The lowest BCUT2D eigenvalue weighted by molar-refractivity contribution is -0.0152. The van der Waals surface area contributed by atoms with Crippen LogP contribution in [0.2, 0.25) is 0 Å². The van der Waals surface area contributed by atoms with Gasteiger partial charge in [-0.3, -0.25) is 0 Å². The van der Waals surface area contributed by atoms with E-state index in [1.54, 1.807) is 6.92 Å². The van der Waals surface area contributed by atoms with Gasteiger partial charge < -0.3 is 5.11 Å². The minimum absolute atomic E-state index is 0.317. The van der Waals surface area contributed by atoms with Crippen LogP contribution in [-0.4, -0.2) is 17.4 Å². The average Bonchev–Trinajstić information content (AvgIpc) is 2.19. The van der Waals surface area contributed by atoms with Crippen LogP contribution in [0.3, 0.4) is 0 Å². The largest absolute Gasteiger partial charge is 0.368 e. The van der Waals surface area contributed by atoms with E-state index in [4.69, 9.17) is 0 Å². The van der Waals surface area contributed by atoms with Crippen LogP contribution in [0.15, 0.2) is 10.2 Å². The van der Waals surface area contributed by atoms with Gasteiger partial charge in [0, 0.05) is 5.92 Å². The Labute approximate surface area is 86.6 Å². The fourth-order valence-electron chi connectivity index (χ4n) is 2.02. The van der Waals surface area contributed by atoms with E-state index < -0.39 is 5.72 Å². The van der Waals surface area contributed by atoms with Crippen molar-refractivity contribution in [2.75, 3.05) is 6.54 Å². The minimum Gasteiger partial charge on any atom is -0.368 e. The Morgan fingerprint density at radius 1 is 1.29 bits per heavy atom. The summed E-state index contributed by atoms with van der Waals surface area (Å²) in [6, 6.07) is 0. The molecule has 0 saturated heterocycles. The van der Waals surface area contributed by atoms with E-state index in [0.29, 0.717) is 5.92 Å². The highest BCUT2D eigenvalue weighted by Crippen LogP contribution is 2.33. The van der Waals surface area contributed by atoms with E-state index in [9.17, 15) is 5.11 Å². The Kier molecular flexibility index (Phi) is 4.52. The standard InChI is InChI=1S/C11H22N2O/c1-3-9-12-13-11(2,14)10-7-5-4-6-8-10/h10,14H,3-9H2,1-2H3. The number of azo groups is 1. The zero-order valence-corrected chi connectivity index (χ0v) is 9.37. The molecule has 3 nitrogen and oxygen atoms in total. The molecule has 1 N–H and O–H groups in total. The van der Waals surface area contributed by atoms with Crippen LogP contribution in [0.25, 0.3) is 0 Å². The van der Waals surface area contributed by atoms with E-state index in [2.05, 4.69) is 17.2 Å². The maximum atomic E-state index is 10.1. The maximum absolute atomic E-state index is 10.1. The van der Waals surface area contributed by atoms with Crippen LogP contribution < -0.4 is 0 Å². The third-order valence-electron chi connectivity index (χ3n) is 2.98. The van der Waals surface area contributed by atoms with Gasteiger partial charge in [-0.05, 0) is 26.2 Å². The summed E-state index contributed by atoms with van der Waals surface area (Å²) in [4.78, 5) is 0. The second-order valence-electron chi connectivity index (χ2n) is 4.39. The number of hydrogen-bond donors (Lipinski definition) is 1. The lowest BCUT2D eigenvalue weighted by atomic mass is 9.83. The Balaban J connectivity index is 2.45. The molecule has 0 aromatic rings. The van der Waals surface area contributed by atoms with Crippen LogP contribution in [0.1, 0.15) is 52.4 Å². The summed E-state index contributed by atoms with van der Waals surface area (Å²) in [5.41, 5.74) is -0.921. The molecule has 0 amide bonds. The highest BCUT2D eigenvalue weighted by atomic mass is 16.3. The summed E-state index contributed by atoms with van der Waals surface area (Å²) in [6.07, 6.45) is 6.94. The molecule has 0 aromatic heterocycles. The molecule has 1 unspecified atom stereocenters. The Morgan fingerprint density at radius 3 is 2.50 bits per heavy atom. The third kappa shape index (κ3) is 3.37. The molecule has 0 aliphatic heterocycles. The molecule has 14 heavy (non-hydrogen) atoms. The summed E-state index contributed by atoms with van der Waals surface area (Å²) in [5, 5.41) is 18.2. The highest BCUT2D eigenvalue weighted by Gasteiger charge is 2.32. The topological polar surface area (TPSA) is 45.0 Å². The molecule has 0 heterocycles. The maximum Gasteiger partial charge on any atom is 0.176 e. The molecule has 82 valence electrons. The van der Waals surface area contributed by atoms with Crippen molar-refractivity contribution in [3.05, 3.63) is 0 Å². The summed E-state index contributed by atoms with van der Waals surface area (Å²) < 4.78 is 0. The lowest BCUT2D eigenvalue weighted by Crippen LogP contribution is -2.33. The summed E-state index contributed by atoms with van der Waals surface area (Å²) >= 11 is 0.